The monoisotopic (exact) mass is 505 g/mol. The first kappa shape index (κ1) is 25.4. The topological polar surface area (TPSA) is 95.6 Å². The number of amides is 3. The van der Waals surface area contributed by atoms with Crippen LogP contribution >= 0.6 is 11.6 Å². The molecule has 1 atom stereocenters. The highest BCUT2D eigenvalue weighted by Gasteiger charge is 2.41. The molecule has 0 saturated carbocycles. The molecule has 2 aromatic carbocycles. The van der Waals surface area contributed by atoms with Crippen molar-refractivity contribution in [2.75, 3.05) is 5.32 Å². The van der Waals surface area contributed by atoms with Gasteiger partial charge in [-0.2, -0.15) is 0 Å². The molecule has 0 radical (unpaired) electrons. The van der Waals surface area contributed by atoms with E-state index in [1.165, 1.54) is 6.08 Å². The summed E-state index contributed by atoms with van der Waals surface area (Å²) in [5.41, 5.74) is 5.17. The normalized spacial score (nSPS) is 17.8. The molecule has 4 rings (SSSR count). The molecule has 2 aromatic rings. The van der Waals surface area contributed by atoms with Gasteiger partial charge in [-0.15, -0.1) is 0 Å². The Kier molecular flexibility index (Phi) is 7.40. The fraction of sp³-hybridized carbons (Fsp3) is 0.286. The molecule has 1 unspecified atom stereocenters. The number of halogens is 1. The van der Waals surface area contributed by atoms with E-state index < -0.39 is 23.8 Å². The maximum Gasteiger partial charge on any atom is 0.278 e. The van der Waals surface area contributed by atoms with Crippen LogP contribution < -0.4 is 10.6 Å². The molecule has 2 heterocycles. The highest BCUT2D eigenvalue weighted by Crippen LogP contribution is 2.25. The molecule has 8 heteroatoms. The zero-order valence-corrected chi connectivity index (χ0v) is 21.1. The van der Waals surface area contributed by atoms with Crippen molar-refractivity contribution in [2.24, 2.45) is 0 Å². The van der Waals surface area contributed by atoms with E-state index in [2.05, 4.69) is 17.2 Å². The van der Waals surface area contributed by atoms with E-state index in [4.69, 9.17) is 11.6 Å². The third-order valence-electron chi connectivity index (χ3n) is 6.53. The van der Waals surface area contributed by atoms with Crippen LogP contribution in [-0.4, -0.2) is 34.4 Å². The lowest BCUT2D eigenvalue weighted by atomic mass is 9.99. The average Bonchev–Trinajstić information content (AvgIpc) is 3.09. The molecule has 2 aliphatic heterocycles. The zero-order chi connectivity index (χ0) is 26.0. The van der Waals surface area contributed by atoms with E-state index in [0.717, 1.165) is 27.2 Å². The highest BCUT2D eigenvalue weighted by molar-refractivity contribution is 6.31. The predicted molar refractivity (Wildman–Crippen MR) is 138 cm³/mol. The number of rotatable bonds is 8. The Morgan fingerprint density at radius 1 is 1.14 bits per heavy atom. The van der Waals surface area contributed by atoms with Gasteiger partial charge in [0, 0.05) is 35.3 Å². The summed E-state index contributed by atoms with van der Waals surface area (Å²) in [5.74, 6) is -1.36. The van der Waals surface area contributed by atoms with E-state index in [1.807, 2.05) is 50.2 Å². The van der Waals surface area contributed by atoms with Crippen LogP contribution in [0.1, 0.15) is 41.5 Å². The van der Waals surface area contributed by atoms with E-state index in [0.29, 0.717) is 48.5 Å². The van der Waals surface area contributed by atoms with Gasteiger partial charge in [-0.3, -0.25) is 24.1 Å². The molecule has 0 aliphatic carbocycles. The van der Waals surface area contributed by atoms with E-state index in [1.54, 1.807) is 0 Å². The summed E-state index contributed by atoms with van der Waals surface area (Å²) >= 11 is 6.17. The van der Waals surface area contributed by atoms with Crippen LogP contribution in [0.2, 0.25) is 5.02 Å². The number of carbonyl (C=O) groups is 4. The number of piperidine rings is 1. The van der Waals surface area contributed by atoms with Crippen LogP contribution in [-0.2, 0) is 32.0 Å². The van der Waals surface area contributed by atoms with Crippen LogP contribution in [0.5, 0.6) is 0 Å². The number of carbonyl (C=O) groups excluding carboxylic acids is 4. The molecular weight excluding hydrogens is 478 g/mol. The lowest BCUT2D eigenvalue weighted by Gasteiger charge is -2.29. The van der Waals surface area contributed by atoms with E-state index in [9.17, 15) is 19.2 Å². The van der Waals surface area contributed by atoms with Crippen LogP contribution in [0.3, 0.4) is 0 Å². The minimum atomic E-state index is -0.853. The quantitative estimate of drug-likeness (QED) is 0.525. The third kappa shape index (κ3) is 5.57. The minimum absolute atomic E-state index is 0.107. The summed E-state index contributed by atoms with van der Waals surface area (Å²) in [6, 6.07) is 10.4. The van der Waals surface area contributed by atoms with Crippen LogP contribution in [0.25, 0.3) is 0 Å². The lowest BCUT2D eigenvalue weighted by Crippen LogP contribution is -2.52. The van der Waals surface area contributed by atoms with Crippen molar-refractivity contribution in [3.05, 3.63) is 87.7 Å². The van der Waals surface area contributed by atoms with Crippen molar-refractivity contribution in [1.29, 1.82) is 0 Å². The Hall–Kier alpha value is -3.71. The van der Waals surface area contributed by atoms with Crippen molar-refractivity contribution < 1.29 is 19.2 Å². The fourth-order valence-electron chi connectivity index (χ4n) is 4.39. The molecule has 1 saturated heterocycles. The van der Waals surface area contributed by atoms with Gasteiger partial charge in [-0.1, -0.05) is 36.4 Å². The molecule has 0 spiro atoms. The molecule has 2 aliphatic rings. The van der Waals surface area contributed by atoms with Crippen molar-refractivity contribution in [1.82, 2.24) is 10.2 Å². The molecule has 2 N–H and O–H groups in total. The smallest absolute Gasteiger partial charge is 0.278 e. The molecule has 3 amide bonds. The molecule has 0 bridgehead atoms. The minimum Gasteiger partial charge on any atom is -0.351 e. The van der Waals surface area contributed by atoms with E-state index >= 15 is 0 Å². The van der Waals surface area contributed by atoms with Gasteiger partial charge in [0.15, 0.2) is 0 Å². The highest BCUT2D eigenvalue weighted by atomic mass is 35.5. The number of anilines is 1. The van der Waals surface area contributed by atoms with Crippen LogP contribution in [0.4, 0.5) is 5.69 Å². The summed E-state index contributed by atoms with van der Waals surface area (Å²) in [6.07, 6.45) is 3.30. The number of Topliss-reactive ketones (excluding diaryl/α,β-unsaturated/α-hetero) is 1. The number of imide groups is 1. The number of nitrogens with zero attached hydrogens (tertiary/aromatic N) is 1. The van der Waals surface area contributed by atoms with Gasteiger partial charge in [0.1, 0.15) is 17.5 Å². The number of hydrogen-bond donors (Lipinski definition) is 2. The summed E-state index contributed by atoms with van der Waals surface area (Å²) in [5, 5.41) is 6.28. The summed E-state index contributed by atoms with van der Waals surface area (Å²) in [4.78, 5) is 51.4. The van der Waals surface area contributed by atoms with Crippen molar-refractivity contribution in [3.8, 4) is 0 Å². The standard InChI is InChI=1S/C28H28ClN3O4/c1-16-5-9-21(14-20(16)8-10-22(33)12-19-7-4-17(2)23(29)13-19)31-24-15-26(34)32(28(24)36)25-11-6-18(3)30-27(25)35/h4-5,7,9,13-15,25,31H,3,6,8,10-12H2,1-2H3,(H,30,35). The third-order valence-corrected chi connectivity index (χ3v) is 6.93. The average molecular weight is 506 g/mol. The second-order valence-corrected chi connectivity index (χ2v) is 9.69. The van der Waals surface area contributed by atoms with Crippen LogP contribution in [0, 0.1) is 13.8 Å². The molecule has 186 valence electrons. The number of allylic oxidation sites excluding steroid dienone is 1. The first-order valence-electron chi connectivity index (χ1n) is 11.8. The van der Waals surface area contributed by atoms with Crippen molar-refractivity contribution in [2.45, 2.75) is 52.0 Å². The van der Waals surface area contributed by atoms with Gasteiger partial charge in [0.2, 0.25) is 5.91 Å². The Morgan fingerprint density at radius 3 is 2.61 bits per heavy atom. The molecule has 36 heavy (non-hydrogen) atoms. The number of aryl methyl sites for hydroxylation is 3. The number of hydrogen-bond acceptors (Lipinski definition) is 5. The first-order valence-corrected chi connectivity index (χ1v) is 12.2. The largest absolute Gasteiger partial charge is 0.351 e. The number of nitrogens with one attached hydrogen (secondary N) is 2. The second kappa shape index (κ2) is 10.5. The second-order valence-electron chi connectivity index (χ2n) is 9.28. The summed E-state index contributed by atoms with van der Waals surface area (Å²) in [6.45, 7) is 7.61. The van der Waals surface area contributed by atoms with Gasteiger partial charge in [-0.05, 0) is 73.6 Å². The lowest BCUT2D eigenvalue weighted by molar-refractivity contribution is -0.146. The molecule has 7 nitrogen and oxygen atoms in total. The van der Waals surface area contributed by atoms with Gasteiger partial charge in [0.25, 0.3) is 11.8 Å². The maximum atomic E-state index is 12.9. The molecule has 1 fully saturated rings. The number of benzene rings is 2. The first-order chi connectivity index (χ1) is 17.1. The Morgan fingerprint density at radius 2 is 1.89 bits per heavy atom. The van der Waals surface area contributed by atoms with Gasteiger partial charge in [-0.25, -0.2) is 0 Å². The van der Waals surface area contributed by atoms with Gasteiger partial charge in [0.05, 0.1) is 0 Å². The van der Waals surface area contributed by atoms with Crippen molar-refractivity contribution in [3.63, 3.8) is 0 Å². The number of ketones is 1. The van der Waals surface area contributed by atoms with Gasteiger partial charge < -0.3 is 10.6 Å². The Bertz CT molecular complexity index is 1310. The fourth-order valence-corrected chi connectivity index (χ4v) is 4.59. The zero-order valence-electron chi connectivity index (χ0n) is 20.3. The summed E-state index contributed by atoms with van der Waals surface area (Å²) < 4.78 is 0. The SMILES string of the molecule is C=C1CCC(N2C(=O)C=C(Nc3ccc(C)c(CCC(=O)Cc4ccc(C)c(Cl)c4)c3)C2=O)C(=O)N1. The molecular formula is C28H28ClN3O4. The predicted octanol–water partition coefficient (Wildman–Crippen LogP) is 4.16. The van der Waals surface area contributed by atoms with Crippen LogP contribution in [0.15, 0.2) is 60.4 Å². The van der Waals surface area contributed by atoms with Crippen molar-refractivity contribution >= 4 is 40.8 Å². The Balaban J connectivity index is 1.39. The van der Waals surface area contributed by atoms with E-state index in [-0.39, 0.29) is 11.5 Å². The summed E-state index contributed by atoms with van der Waals surface area (Å²) in [7, 11) is 0. The maximum absolute atomic E-state index is 12.9. The molecule has 0 aromatic heterocycles. The van der Waals surface area contributed by atoms with Gasteiger partial charge >= 0.3 is 0 Å². The Labute approximate surface area is 215 Å².